The minimum Gasteiger partial charge on any atom is -0.379 e. The van der Waals surface area contributed by atoms with Gasteiger partial charge in [-0.05, 0) is 0 Å². The molecule has 0 aromatic heterocycles. The molecule has 0 aliphatic rings. The third-order valence-electron chi connectivity index (χ3n) is 1.14. The first kappa shape index (κ1) is 12.8. The Labute approximate surface area is 87.4 Å². The van der Waals surface area contributed by atoms with Crippen LogP contribution in [0.3, 0.4) is 0 Å². The minimum absolute atomic E-state index is 0.0685. The Morgan fingerprint density at radius 3 is 1.46 bits per heavy atom. The maximum absolute atomic E-state index is 9.22. The monoisotopic (exact) mass is 218 g/mol. The quantitative estimate of drug-likeness (QED) is 0.506. The van der Waals surface area contributed by atoms with E-state index in [2.05, 4.69) is 19.7 Å². The van der Waals surface area contributed by atoms with Crippen LogP contribution in [0.5, 0.6) is 0 Å². The lowest BCUT2D eigenvalue weighted by Crippen LogP contribution is -2.07. The SMILES string of the molecule is C=CC(O)SC(C=C)SC(O)C=C. The molecule has 74 valence electrons. The van der Waals surface area contributed by atoms with E-state index in [0.29, 0.717) is 0 Å². The third kappa shape index (κ3) is 5.99. The van der Waals surface area contributed by atoms with Gasteiger partial charge in [-0.2, -0.15) is 0 Å². The lowest BCUT2D eigenvalue weighted by Gasteiger charge is -2.15. The summed E-state index contributed by atoms with van der Waals surface area (Å²) in [7, 11) is 0. The topological polar surface area (TPSA) is 40.5 Å². The zero-order valence-electron chi connectivity index (χ0n) is 7.30. The smallest absolute Gasteiger partial charge is 0.119 e. The average molecular weight is 218 g/mol. The van der Waals surface area contributed by atoms with E-state index in [0.717, 1.165) is 0 Å². The van der Waals surface area contributed by atoms with Gasteiger partial charge in [-0.1, -0.05) is 31.4 Å². The van der Waals surface area contributed by atoms with Gasteiger partial charge < -0.3 is 10.2 Å². The average Bonchev–Trinajstić information content (AvgIpc) is 2.16. The summed E-state index contributed by atoms with van der Waals surface area (Å²) in [6.07, 6.45) is 4.53. The molecule has 2 atom stereocenters. The molecule has 4 heteroatoms. The third-order valence-corrected chi connectivity index (χ3v) is 3.67. The van der Waals surface area contributed by atoms with Crippen molar-refractivity contribution in [3.63, 3.8) is 0 Å². The number of rotatable bonds is 7. The standard InChI is InChI=1S/C9H14O2S2/c1-4-7(10)12-9(6-3)13-8(11)5-2/h4-11H,1-3H2. The van der Waals surface area contributed by atoms with E-state index in [1.165, 1.54) is 35.7 Å². The van der Waals surface area contributed by atoms with Gasteiger partial charge in [0.25, 0.3) is 0 Å². The van der Waals surface area contributed by atoms with Crippen LogP contribution in [0.15, 0.2) is 38.0 Å². The lowest BCUT2D eigenvalue weighted by molar-refractivity contribution is 0.308. The fraction of sp³-hybridized carbons (Fsp3) is 0.333. The maximum atomic E-state index is 9.22. The zero-order chi connectivity index (χ0) is 10.3. The molecular weight excluding hydrogens is 204 g/mol. The van der Waals surface area contributed by atoms with Crippen molar-refractivity contribution in [1.29, 1.82) is 0 Å². The molecule has 0 heterocycles. The number of hydrogen-bond acceptors (Lipinski definition) is 4. The molecule has 0 radical (unpaired) electrons. The molecule has 0 saturated carbocycles. The maximum Gasteiger partial charge on any atom is 0.119 e. The Balaban J connectivity index is 3.95. The highest BCUT2D eigenvalue weighted by molar-refractivity contribution is 8.17. The van der Waals surface area contributed by atoms with Crippen molar-refractivity contribution in [3.8, 4) is 0 Å². The second kappa shape index (κ2) is 7.26. The van der Waals surface area contributed by atoms with E-state index in [1.807, 2.05) is 0 Å². The Morgan fingerprint density at radius 1 is 0.846 bits per heavy atom. The van der Waals surface area contributed by atoms with Gasteiger partial charge in [-0.3, -0.25) is 0 Å². The molecule has 0 aliphatic heterocycles. The molecule has 0 bridgehead atoms. The first-order valence-corrected chi connectivity index (χ1v) is 5.57. The van der Waals surface area contributed by atoms with E-state index in [9.17, 15) is 10.2 Å². The van der Waals surface area contributed by atoms with Crippen molar-refractivity contribution in [2.75, 3.05) is 0 Å². The van der Waals surface area contributed by atoms with E-state index >= 15 is 0 Å². The summed E-state index contributed by atoms with van der Waals surface area (Å²) in [5.41, 5.74) is -1.26. The lowest BCUT2D eigenvalue weighted by atomic mass is 10.7. The number of aliphatic hydroxyl groups excluding tert-OH is 2. The van der Waals surface area contributed by atoms with Gasteiger partial charge in [0.05, 0.1) is 4.58 Å². The second-order valence-corrected chi connectivity index (χ2v) is 4.95. The van der Waals surface area contributed by atoms with Gasteiger partial charge in [-0.25, -0.2) is 0 Å². The molecule has 0 aromatic carbocycles. The normalized spacial score (nSPS) is 17.1. The molecule has 2 N–H and O–H groups in total. The predicted octanol–water partition coefficient (Wildman–Crippen LogP) is 1.97. The van der Waals surface area contributed by atoms with Crippen LogP contribution < -0.4 is 0 Å². The second-order valence-electron chi connectivity index (χ2n) is 2.13. The Morgan fingerprint density at radius 2 is 1.23 bits per heavy atom. The van der Waals surface area contributed by atoms with Crippen molar-refractivity contribution in [2.24, 2.45) is 0 Å². The van der Waals surface area contributed by atoms with Gasteiger partial charge in [0.1, 0.15) is 10.9 Å². The van der Waals surface area contributed by atoms with Crippen molar-refractivity contribution >= 4 is 23.5 Å². The minimum atomic E-state index is -0.632. The fourth-order valence-electron chi connectivity index (χ4n) is 0.529. The summed E-state index contributed by atoms with van der Waals surface area (Å²) in [5, 5.41) is 18.4. The van der Waals surface area contributed by atoms with Crippen LogP contribution in [0.1, 0.15) is 0 Å². The highest BCUT2D eigenvalue weighted by Gasteiger charge is 2.12. The molecule has 0 amide bonds. The van der Waals surface area contributed by atoms with Crippen LogP contribution >= 0.6 is 23.5 Å². The highest BCUT2D eigenvalue weighted by Crippen LogP contribution is 2.30. The first-order valence-electron chi connectivity index (χ1n) is 3.68. The molecular formula is C9H14O2S2. The molecule has 0 spiro atoms. The van der Waals surface area contributed by atoms with Crippen LogP contribution in [-0.2, 0) is 0 Å². The molecule has 0 aliphatic carbocycles. The van der Waals surface area contributed by atoms with Crippen LogP contribution in [0.25, 0.3) is 0 Å². The largest absolute Gasteiger partial charge is 0.379 e. The molecule has 13 heavy (non-hydrogen) atoms. The van der Waals surface area contributed by atoms with Crippen molar-refractivity contribution < 1.29 is 10.2 Å². The number of aliphatic hydroxyl groups is 2. The summed E-state index contributed by atoms with van der Waals surface area (Å²) >= 11 is 2.53. The summed E-state index contributed by atoms with van der Waals surface area (Å²) in [4.78, 5) is 0. The van der Waals surface area contributed by atoms with Gasteiger partial charge in [-0.15, -0.1) is 30.1 Å². The van der Waals surface area contributed by atoms with Gasteiger partial charge in [0.15, 0.2) is 0 Å². The first-order chi connectivity index (χ1) is 6.13. The van der Waals surface area contributed by atoms with Crippen molar-refractivity contribution in [2.45, 2.75) is 15.5 Å². The molecule has 2 nitrogen and oxygen atoms in total. The molecule has 0 fully saturated rings. The zero-order valence-corrected chi connectivity index (χ0v) is 8.93. The highest BCUT2D eigenvalue weighted by atomic mass is 32.2. The van der Waals surface area contributed by atoms with Crippen LogP contribution in [0, 0.1) is 0 Å². The van der Waals surface area contributed by atoms with Gasteiger partial charge in [0.2, 0.25) is 0 Å². The Hall–Kier alpha value is -0.160. The van der Waals surface area contributed by atoms with Crippen molar-refractivity contribution in [1.82, 2.24) is 0 Å². The number of hydrogen-bond donors (Lipinski definition) is 2. The summed E-state index contributed by atoms with van der Waals surface area (Å²) in [6.45, 7) is 10.5. The molecule has 0 aromatic rings. The molecule has 0 saturated heterocycles. The van der Waals surface area contributed by atoms with Crippen LogP contribution in [0.2, 0.25) is 0 Å². The van der Waals surface area contributed by atoms with E-state index in [4.69, 9.17) is 0 Å². The number of thioether (sulfide) groups is 2. The summed E-state index contributed by atoms with van der Waals surface area (Å²) in [5.74, 6) is 0. The molecule has 0 rings (SSSR count). The van der Waals surface area contributed by atoms with Crippen LogP contribution in [0.4, 0.5) is 0 Å². The Kier molecular flexibility index (Phi) is 7.17. The fourth-order valence-corrected chi connectivity index (χ4v) is 2.46. The Bertz CT molecular complexity index is 166. The van der Waals surface area contributed by atoms with Crippen molar-refractivity contribution in [3.05, 3.63) is 38.0 Å². The van der Waals surface area contributed by atoms with Crippen LogP contribution in [-0.4, -0.2) is 25.7 Å². The molecule has 2 unspecified atom stereocenters. The van der Waals surface area contributed by atoms with E-state index < -0.39 is 10.9 Å². The van der Waals surface area contributed by atoms with Gasteiger partial charge in [0, 0.05) is 0 Å². The van der Waals surface area contributed by atoms with E-state index in [-0.39, 0.29) is 4.58 Å². The van der Waals surface area contributed by atoms with Gasteiger partial charge >= 0.3 is 0 Å². The summed E-state index contributed by atoms with van der Waals surface area (Å²) in [6, 6.07) is 0. The summed E-state index contributed by atoms with van der Waals surface area (Å²) < 4.78 is -0.0685. The predicted molar refractivity (Wildman–Crippen MR) is 61.6 cm³/mol. The van der Waals surface area contributed by atoms with E-state index in [1.54, 1.807) is 6.08 Å².